The molecule has 2 aliphatic rings. The Morgan fingerprint density at radius 3 is 2.64 bits per heavy atom. The Balaban J connectivity index is 1.49. The predicted molar refractivity (Wildman–Crippen MR) is 148 cm³/mol. The summed E-state index contributed by atoms with van der Waals surface area (Å²) in [6, 6.07) is 23.8. The van der Waals surface area contributed by atoms with Crippen LogP contribution in [-0.4, -0.2) is 37.3 Å². The highest BCUT2D eigenvalue weighted by atomic mass is 19.1. The third kappa shape index (κ3) is 5.34. The van der Waals surface area contributed by atoms with Crippen LogP contribution in [0.5, 0.6) is 5.75 Å². The number of aryl methyl sites for hydroxylation is 2. The maximum atomic E-state index is 12.5. The van der Waals surface area contributed by atoms with Crippen LogP contribution >= 0.6 is 0 Å². The summed E-state index contributed by atoms with van der Waals surface area (Å²) < 4.78 is 18.8. The molecule has 1 unspecified atom stereocenters. The Morgan fingerprint density at radius 1 is 1.00 bits per heavy atom. The van der Waals surface area contributed by atoms with Crippen molar-refractivity contribution in [1.29, 1.82) is 0 Å². The second-order valence-corrected chi connectivity index (χ2v) is 10.0. The van der Waals surface area contributed by atoms with Crippen LogP contribution in [0.2, 0.25) is 0 Å². The minimum absolute atomic E-state index is 0.170. The zero-order valence-electron chi connectivity index (χ0n) is 21.3. The maximum Gasteiger partial charge on any atom is 0.119 e. The molecule has 1 aliphatic carbocycles. The molecule has 0 radical (unpaired) electrons. The summed E-state index contributed by atoms with van der Waals surface area (Å²) in [6.45, 7) is 4.66. The Labute approximate surface area is 214 Å². The number of likely N-dealkylation sites (tertiary alicyclic amines) is 1. The first-order valence-corrected chi connectivity index (χ1v) is 13.4. The highest BCUT2D eigenvalue weighted by Gasteiger charge is 2.24. The Morgan fingerprint density at radius 2 is 1.83 bits per heavy atom. The first kappa shape index (κ1) is 24.6. The fourth-order valence-electron chi connectivity index (χ4n) is 5.80. The number of halogens is 1. The first-order valence-electron chi connectivity index (χ1n) is 13.4. The summed E-state index contributed by atoms with van der Waals surface area (Å²) in [7, 11) is 0. The molecule has 3 nitrogen and oxygen atoms in total. The van der Waals surface area contributed by atoms with Crippen LogP contribution in [-0.2, 0) is 12.8 Å². The zero-order valence-corrected chi connectivity index (χ0v) is 21.3. The van der Waals surface area contributed by atoms with E-state index in [1.54, 1.807) is 0 Å². The van der Waals surface area contributed by atoms with Crippen molar-refractivity contribution in [3.63, 3.8) is 0 Å². The van der Waals surface area contributed by atoms with Crippen LogP contribution in [0.1, 0.15) is 60.4 Å². The number of nitrogen functional groups attached to an aromatic ring is 1. The molecule has 1 atom stereocenters. The van der Waals surface area contributed by atoms with Gasteiger partial charge in [0, 0.05) is 25.3 Å². The van der Waals surface area contributed by atoms with Gasteiger partial charge in [-0.05, 0) is 102 Å². The number of allylic oxidation sites excluding steroid dienone is 1. The number of hydrogen-bond acceptors (Lipinski definition) is 3. The number of rotatable bonds is 8. The smallest absolute Gasteiger partial charge is 0.119 e. The summed E-state index contributed by atoms with van der Waals surface area (Å²) in [4.78, 5) is 2.30. The molecular formula is C32H37FN2O. The molecule has 1 fully saturated rings. The molecule has 1 heterocycles. The predicted octanol–water partition coefficient (Wildman–Crippen LogP) is 6.94. The molecule has 0 spiro atoms. The van der Waals surface area contributed by atoms with Crippen molar-refractivity contribution in [3.05, 3.63) is 94.5 Å². The summed E-state index contributed by atoms with van der Waals surface area (Å²) in [5, 5.41) is 0. The second kappa shape index (κ2) is 11.3. The Kier molecular flexibility index (Phi) is 7.72. The summed E-state index contributed by atoms with van der Waals surface area (Å²) >= 11 is 0. The van der Waals surface area contributed by atoms with E-state index in [9.17, 15) is 4.39 Å². The molecular weight excluding hydrogens is 447 g/mol. The molecule has 0 amide bonds. The van der Waals surface area contributed by atoms with Crippen molar-refractivity contribution in [2.75, 3.05) is 32.0 Å². The highest BCUT2D eigenvalue weighted by molar-refractivity contribution is 6.00. The number of fused-ring (bicyclic) bond motifs is 1. The van der Waals surface area contributed by atoms with Gasteiger partial charge in [-0.15, -0.1) is 0 Å². The standard InChI is InChI=1S/C32H37FN2O/c1-2-23-7-3-4-9-29(23)31-10-5-8-25-21-26(34)13-16-30(25)32(31)24-11-14-27(15-12-24)36-28-17-20-35(22-28)19-6-18-33/h3-4,7,9,11-16,21,28H,2,5-6,8,10,17-20,22,34H2,1H3. The SMILES string of the molecule is CCc1ccccc1C1=C(c2ccc(OC3CCN(CCCF)C3)cc2)c2ccc(N)cc2CCC1. The van der Waals surface area contributed by atoms with E-state index in [0.29, 0.717) is 6.42 Å². The van der Waals surface area contributed by atoms with Gasteiger partial charge in [-0.25, -0.2) is 0 Å². The molecule has 5 rings (SSSR count). The lowest BCUT2D eigenvalue weighted by Gasteiger charge is -2.20. The number of hydrogen-bond donors (Lipinski definition) is 1. The topological polar surface area (TPSA) is 38.5 Å². The molecule has 0 bridgehead atoms. The minimum Gasteiger partial charge on any atom is -0.489 e. The maximum absolute atomic E-state index is 12.5. The van der Waals surface area contributed by atoms with Gasteiger partial charge in [0.25, 0.3) is 0 Å². The zero-order chi connectivity index (χ0) is 24.9. The van der Waals surface area contributed by atoms with Crippen LogP contribution in [0.3, 0.4) is 0 Å². The van der Waals surface area contributed by atoms with Gasteiger partial charge in [-0.2, -0.15) is 0 Å². The molecule has 188 valence electrons. The number of anilines is 1. The number of alkyl halides is 1. The van der Waals surface area contributed by atoms with E-state index < -0.39 is 0 Å². The van der Waals surface area contributed by atoms with Gasteiger partial charge in [-0.3, -0.25) is 9.29 Å². The normalized spacial score (nSPS) is 18.2. The molecule has 0 aromatic heterocycles. The second-order valence-electron chi connectivity index (χ2n) is 10.0. The van der Waals surface area contributed by atoms with E-state index in [-0.39, 0.29) is 12.8 Å². The van der Waals surface area contributed by atoms with Gasteiger partial charge < -0.3 is 10.5 Å². The lowest BCUT2D eigenvalue weighted by Crippen LogP contribution is -2.26. The number of benzene rings is 3. The molecule has 3 aromatic rings. The Bertz CT molecular complexity index is 1220. The summed E-state index contributed by atoms with van der Waals surface area (Å²) in [5.41, 5.74) is 16.3. The average molecular weight is 485 g/mol. The number of nitrogens with zero attached hydrogens (tertiary/aromatic N) is 1. The van der Waals surface area contributed by atoms with Crippen molar-refractivity contribution >= 4 is 16.8 Å². The third-order valence-electron chi connectivity index (χ3n) is 7.58. The van der Waals surface area contributed by atoms with Gasteiger partial charge >= 0.3 is 0 Å². The van der Waals surface area contributed by atoms with Gasteiger partial charge in [0.2, 0.25) is 0 Å². The van der Waals surface area contributed by atoms with Crippen LogP contribution in [0.4, 0.5) is 10.1 Å². The fourth-order valence-corrected chi connectivity index (χ4v) is 5.80. The third-order valence-corrected chi connectivity index (χ3v) is 7.58. The van der Waals surface area contributed by atoms with Crippen LogP contribution < -0.4 is 10.5 Å². The van der Waals surface area contributed by atoms with Crippen molar-refractivity contribution in [2.24, 2.45) is 0 Å². The molecule has 1 saturated heterocycles. The van der Waals surface area contributed by atoms with Gasteiger partial charge in [0.1, 0.15) is 11.9 Å². The van der Waals surface area contributed by atoms with E-state index in [1.165, 1.54) is 39.0 Å². The molecule has 1 aliphatic heterocycles. The van der Waals surface area contributed by atoms with Gasteiger partial charge in [0.15, 0.2) is 0 Å². The number of ether oxygens (including phenoxy) is 1. The van der Waals surface area contributed by atoms with E-state index in [2.05, 4.69) is 72.5 Å². The average Bonchev–Trinajstić information content (AvgIpc) is 3.26. The summed E-state index contributed by atoms with van der Waals surface area (Å²) in [6.07, 6.45) is 5.95. The minimum atomic E-state index is -0.250. The van der Waals surface area contributed by atoms with E-state index in [1.807, 2.05) is 6.07 Å². The van der Waals surface area contributed by atoms with E-state index >= 15 is 0 Å². The van der Waals surface area contributed by atoms with E-state index in [0.717, 1.165) is 63.2 Å². The largest absolute Gasteiger partial charge is 0.489 e. The fraction of sp³-hybridized carbons (Fsp3) is 0.375. The lowest BCUT2D eigenvalue weighted by atomic mass is 9.86. The van der Waals surface area contributed by atoms with Crippen molar-refractivity contribution in [3.8, 4) is 5.75 Å². The van der Waals surface area contributed by atoms with Gasteiger partial charge in [-0.1, -0.05) is 49.4 Å². The van der Waals surface area contributed by atoms with Crippen LogP contribution in [0.15, 0.2) is 66.7 Å². The quantitative estimate of drug-likeness (QED) is 0.352. The Hall–Kier alpha value is -3.11. The van der Waals surface area contributed by atoms with Crippen molar-refractivity contribution in [2.45, 2.75) is 51.6 Å². The molecule has 36 heavy (non-hydrogen) atoms. The number of nitrogens with two attached hydrogens (primary N) is 1. The van der Waals surface area contributed by atoms with Gasteiger partial charge in [0.05, 0.1) is 6.67 Å². The van der Waals surface area contributed by atoms with Crippen LogP contribution in [0, 0.1) is 0 Å². The highest BCUT2D eigenvalue weighted by Crippen LogP contribution is 2.41. The van der Waals surface area contributed by atoms with Crippen molar-refractivity contribution in [1.82, 2.24) is 4.90 Å². The first-order chi connectivity index (χ1) is 17.7. The molecule has 0 saturated carbocycles. The van der Waals surface area contributed by atoms with Crippen molar-refractivity contribution < 1.29 is 9.13 Å². The lowest BCUT2D eigenvalue weighted by molar-refractivity contribution is 0.198. The summed E-state index contributed by atoms with van der Waals surface area (Å²) in [5.74, 6) is 0.901. The molecule has 3 aromatic carbocycles. The van der Waals surface area contributed by atoms with E-state index in [4.69, 9.17) is 10.5 Å². The monoisotopic (exact) mass is 484 g/mol. The molecule has 4 heteroatoms. The molecule has 2 N–H and O–H groups in total. The van der Waals surface area contributed by atoms with Crippen LogP contribution in [0.25, 0.3) is 11.1 Å².